The van der Waals surface area contributed by atoms with Crippen LogP contribution in [0.2, 0.25) is 0 Å². The van der Waals surface area contributed by atoms with Gasteiger partial charge < -0.3 is 19.8 Å². The number of carbonyl (C=O) groups is 2. The number of hydrogen-bond acceptors (Lipinski definition) is 5. The number of carbonyl (C=O) groups excluding carboxylic acids is 2. The van der Waals surface area contributed by atoms with E-state index < -0.39 is 5.60 Å². The maximum atomic E-state index is 12.3. The predicted molar refractivity (Wildman–Crippen MR) is 92.9 cm³/mol. The third-order valence-corrected chi connectivity index (χ3v) is 4.14. The molecule has 1 fully saturated rings. The van der Waals surface area contributed by atoms with Gasteiger partial charge in [0, 0.05) is 32.1 Å². The molecular formula is C18H29N3O4. The van der Waals surface area contributed by atoms with Crippen molar-refractivity contribution in [2.45, 2.75) is 58.0 Å². The number of amides is 2. The maximum Gasteiger partial charge on any atom is 0.228 e. The molecule has 7 nitrogen and oxygen atoms in total. The van der Waals surface area contributed by atoms with E-state index in [9.17, 15) is 14.7 Å². The van der Waals surface area contributed by atoms with Crippen LogP contribution in [0.25, 0.3) is 0 Å². The van der Waals surface area contributed by atoms with Gasteiger partial charge in [0.2, 0.25) is 11.8 Å². The monoisotopic (exact) mass is 351 g/mol. The van der Waals surface area contributed by atoms with E-state index in [1.54, 1.807) is 25.8 Å². The van der Waals surface area contributed by atoms with Gasteiger partial charge in [-0.25, -0.2) is 0 Å². The number of nitrogens with one attached hydrogen (secondary N) is 1. The first-order valence-corrected chi connectivity index (χ1v) is 8.82. The fourth-order valence-electron chi connectivity index (χ4n) is 2.64. The van der Waals surface area contributed by atoms with E-state index in [0.717, 1.165) is 18.6 Å². The molecule has 25 heavy (non-hydrogen) atoms. The Labute approximate surface area is 148 Å². The molecule has 1 unspecified atom stereocenters. The molecule has 7 heteroatoms. The summed E-state index contributed by atoms with van der Waals surface area (Å²) in [5.74, 6) is 1.27. The molecule has 2 N–H and O–H groups in total. The molecule has 0 aliphatic heterocycles. The van der Waals surface area contributed by atoms with Crippen LogP contribution in [0.3, 0.4) is 0 Å². The molecular weight excluding hydrogens is 322 g/mol. The molecule has 0 spiro atoms. The summed E-state index contributed by atoms with van der Waals surface area (Å²) in [5.41, 5.74) is -0.346. The molecule has 140 valence electrons. The van der Waals surface area contributed by atoms with Gasteiger partial charge in [-0.1, -0.05) is 12.1 Å². The van der Waals surface area contributed by atoms with Crippen LogP contribution in [-0.2, 0) is 16.0 Å². The van der Waals surface area contributed by atoms with E-state index >= 15 is 0 Å². The number of nitrogens with zero attached hydrogens (tertiary/aromatic N) is 2. The van der Waals surface area contributed by atoms with Crippen molar-refractivity contribution in [2.24, 2.45) is 5.92 Å². The van der Waals surface area contributed by atoms with Crippen LogP contribution in [0.4, 0.5) is 0 Å². The predicted octanol–water partition coefficient (Wildman–Crippen LogP) is 1.47. The van der Waals surface area contributed by atoms with Gasteiger partial charge in [0.25, 0.3) is 0 Å². The van der Waals surface area contributed by atoms with E-state index in [4.69, 9.17) is 4.52 Å². The lowest BCUT2D eigenvalue weighted by molar-refractivity contribution is -0.129. The Kier molecular flexibility index (Phi) is 6.21. The lowest BCUT2D eigenvalue weighted by Gasteiger charge is -2.22. The number of hydrogen-bond donors (Lipinski definition) is 2. The second-order valence-electron chi connectivity index (χ2n) is 7.84. The topological polar surface area (TPSA) is 95.7 Å². The minimum Gasteiger partial charge on any atom is -0.390 e. The normalized spacial score (nSPS) is 15.7. The molecule has 1 atom stereocenters. The van der Waals surface area contributed by atoms with Crippen molar-refractivity contribution in [3.8, 4) is 0 Å². The highest BCUT2D eigenvalue weighted by Gasteiger charge is 2.28. The van der Waals surface area contributed by atoms with Gasteiger partial charge in [0.05, 0.1) is 24.1 Å². The van der Waals surface area contributed by atoms with Crippen molar-refractivity contribution in [3.63, 3.8) is 0 Å². The summed E-state index contributed by atoms with van der Waals surface area (Å²) in [4.78, 5) is 25.7. The van der Waals surface area contributed by atoms with Gasteiger partial charge >= 0.3 is 0 Å². The van der Waals surface area contributed by atoms with Gasteiger partial charge in [-0.15, -0.1) is 0 Å². The zero-order valence-corrected chi connectivity index (χ0v) is 15.5. The maximum absolute atomic E-state index is 12.3. The first-order valence-electron chi connectivity index (χ1n) is 8.82. The summed E-state index contributed by atoms with van der Waals surface area (Å²) in [7, 11) is 1.75. The van der Waals surface area contributed by atoms with Crippen LogP contribution in [0.15, 0.2) is 10.6 Å². The Bertz CT molecular complexity index is 602. The van der Waals surface area contributed by atoms with E-state index in [0.29, 0.717) is 24.7 Å². The average molecular weight is 351 g/mol. The highest BCUT2D eigenvalue weighted by Crippen LogP contribution is 2.40. The molecule has 1 saturated carbocycles. The van der Waals surface area contributed by atoms with Gasteiger partial charge in [0.1, 0.15) is 5.76 Å². The standard InChI is InChI=1S/C18H29N3O4/c1-12(10-19-16(22)9-18(2,3)24)11-21(4)17(23)8-14-7-15(25-20-14)13-5-6-13/h7,12-13,24H,5-6,8-11H2,1-4H3,(H,19,22). The third-order valence-electron chi connectivity index (χ3n) is 4.14. The first-order chi connectivity index (χ1) is 11.6. The lowest BCUT2D eigenvalue weighted by Crippen LogP contribution is -2.39. The van der Waals surface area contributed by atoms with Crippen molar-refractivity contribution in [3.05, 3.63) is 17.5 Å². The van der Waals surface area contributed by atoms with Gasteiger partial charge in [-0.3, -0.25) is 9.59 Å². The molecule has 0 saturated heterocycles. The lowest BCUT2D eigenvalue weighted by atomic mass is 10.1. The quantitative estimate of drug-likeness (QED) is 0.702. The minimum absolute atomic E-state index is 0.0229. The fourth-order valence-corrected chi connectivity index (χ4v) is 2.64. The zero-order chi connectivity index (χ0) is 18.6. The highest BCUT2D eigenvalue weighted by atomic mass is 16.5. The second kappa shape index (κ2) is 7.99. The molecule has 0 radical (unpaired) electrons. The van der Waals surface area contributed by atoms with E-state index in [2.05, 4.69) is 10.5 Å². The van der Waals surface area contributed by atoms with Crippen LogP contribution >= 0.6 is 0 Å². The van der Waals surface area contributed by atoms with Crippen molar-refractivity contribution in [2.75, 3.05) is 20.1 Å². The molecule has 1 heterocycles. The molecule has 2 amide bonds. The fraction of sp³-hybridized carbons (Fsp3) is 0.722. The Hall–Kier alpha value is -1.89. The molecule has 1 aromatic rings. The number of aliphatic hydroxyl groups is 1. The summed E-state index contributed by atoms with van der Waals surface area (Å²) >= 11 is 0. The average Bonchev–Trinajstić information content (AvgIpc) is 3.24. The van der Waals surface area contributed by atoms with Gasteiger partial charge in [0.15, 0.2) is 0 Å². The molecule has 1 aliphatic rings. The Morgan fingerprint density at radius 1 is 1.48 bits per heavy atom. The number of rotatable bonds is 9. The Morgan fingerprint density at radius 2 is 2.16 bits per heavy atom. The summed E-state index contributed by atoms with van der Waals surface area (Å²) < 4.78 is 5.27. The van der Waals surface area contributed by atoms with Crippen molar-refractivity contribution < 1.29 is 19.2 Å². The van der Waals surface area contributed by atoms with Gasteiger partial charge in [-0.2, -0.15) is 0 Å². The molecule has 2 rings (SSSR count). The van der Waals surface area contributed by atoms with Crippen LogP contribution in [0.1, 0.15) is 57.4 Å². The van der Waals surface area contributed by atoms with Crippen molar-refractivity contribution in [1.82, 2.24) is 15.4 Å². The third kappa shape index (κ3) is 6.86. The van der Waals surface area contributed by atoms with E-state index in [1.165, 1.54) is 0 Å². The first kappa shape index (κ1) is 19.4. The Balaban J connectivity index is 1.71. The van der Waals surface area contributed by atoms with E-state index in [-0.39, 0.29) is 30.6 Å². The summed E-state index contributed by atoms with van der Waals surface area (Å²) in [5, 5.41) is 16.4. The van der Waals surface area contributed by atoms with Crippen LogP contribution in [0.5, 0.6) is 0 Å². The summed E-state index contributed by atoms with van der Waals surface area (Å²) in [6.07, 6.45) is 2.56. The number of likely N-dealkylation sites (N-methyl/N-ethyl adjacent to an activating group) is 1. The van der Waals surface area contributed by atoms with Crippen LogP contribution in [-0.4, -0.2) is 52.7 Å². The van der Waals surface area contributed by atoms with E-state index in [1.807, 2.05) is 13.0 Å². The SMILES string of the molecule is CC(CNC(=O)CC(C)(C)O)CN(C)C(=O)Cc1cc(C2CC2)on1. The van der Waals surface area contributed by atoms with Crippen molar-refractivity contribution >= 4 is 11.8 Å². The molecule has 0 aromatic carbocycles. The highest BCUT2D eigenvalue weighted by molar-refractivity contribution is 5.78. The zero-order valence-electron chi connectivity index (χ0n) is 15.5. The molecule has 0 bridgehead atoms. The smallest absolute Gasteiger partial charge is 0.228 e. The van der Waals surface area contributed by atoms with Crippen LogP contribution in [0, 0.1) is 5.92 Å². The summed E-state index contributed by atoms with van der Waals surface area (Å²) in [6, 6.07) is 1.88. The minimum atomic E-state index is -1.02. The van der Waals surface area contributed by atoms with Crippen LogP contribution < -0.4 is 5.32 Å². The largest absolute Gasteiger partial charge is 0.390 e. The Morgan fingerprint density at radius 3 is 2.76 bits per heavy atom. The molecule has 1 aromatic heterocycles. The van der Waals surface area contributed by atoms with Gasteiger partial charge in [-0.05, 0) is 32.6 Å². The second-order valence-corrected chi connectivity index (χ2v) is 7.84. The molecule has 1 aliphatic carbocycles. The van der Waals surface area contributed by atoms with Crippen molar-refractivity contribution in [1.29, 1.82) is 0 Å². The number of aromatic nitrogens is 1. The summed E-state index contributed by atoms with van der Waals surface area (Å²) in [6.45, 7) is 6.16.